The van der Waals surface area contributed by atoms with Gasteiger partial charge in [0.1, 0.15) is 10.4 Å². The van der Waals surface area contributed by atoms with Crippen LogP contribution in [0.3, 0.4) is 0 Å². The zero-order chi connectivity index (χ0) is 19.1. The highest BCUT2D eigenvalue weighted by Gasteiger charge is 2.38. The molecule has 1 heterocycles. The third-order valence-corrected chi connectivity index (χ3v) is 6.28. The molecule has 0 spiro atoms. The van der Waals surface area contributed by atoms with Crippen molar-refractivity contribution in [1.29, 1.82) is 0 Å². The van der Waals surface area contributed by atoms with E-state index in [2.05, 4.69) is 0 Å². The molecule has 0 saturated carbocycles. The van der Waals surface area contributed by atoms with E-state index in [-0.39, 0.29) is 24.0 Å². The molecule has 144 valence electrons. The number of hydrogen-bond donors (Lipinski definition) is 1. The van der Waals surface area contributed by atoms with Gasteiger partial charge < -0.3 is 19.5 Å². The monoisotopic (exact) mass is 397 g/mol. The Bertz CT molecular complexity index is 598. The van der Waals surface area contributed by atoms with Gasteiger partial charge in [-0.25, -0.2) is 4.79 Å². The minimum Gasteiger partial charge on any atom is -0.467 e. The molecule has 0 aliphatic carbocycles. The standard InChI is InChI=1S/C19H27NO4S2/c1-4-15(10-20-16(18(22)23-3)12-26-19(20)25)17(21)13(2)24-11-14-8-6-5-7-9-14/h5-9,13,15-17,21H,4,10-12H2,1-3H3. The van der Waals surface area contributed by atoms with Gasteiger partial charge in [0.15, 0.2) is 0 Å². The van der Waals surface area contributed by atoms with E-state index in [0.717, 1.165) is 12.0 Å². The van der Waals surface area contributed by atoms with Gasteiger partial charge in [0.2, 0.25) is 0 Å². The summed E-state index contributed by atoms with van der Waals surface area (Å²) in [5.74, 6) is 0.262. The maximum Gasteiger partial charge on any atom is 0.329 e. The summed E-state index contributed by atoms with van der Waals surface area (Å²) in [5.41, 5.74) is 1.07. The minimum absolute atomic E-state index is 0.0513. The molecule has 7 heteroatoms. The molecule has 1 aliphatic heterocycles. The number of thiocarbonyl (C=S) groups is 1. The van der Waals surface area contributed by atoms with Gasteiger partial charge in [-0.05, 0) is 18.9 Å². The maximum atomic E-state index is 12.0. The second kappa shape index (κ2) is 10.3. The van der Waals surface area contributed by atoms with E-state index in [1.807, 2.05) is 49.1 Å². The first kappa shape index (κ1) is 21.2. The molecule has 1 aromatic carbocycles. The van der Waals surface area contributed by atoms with Gasteiger partial charge in [-0.15, -0.1) is 0 Å². The number of benzene rings is 1. The topological polar surface area (TPSA) is 59.0 Å². The van der Waals surface area contributed by atoms with Gasteiger partial charge in [0.05, 0.1) is 25.9 Å². The second-order valence-corrected chi connectivity index (χ2v) is 8.08. The Morgan fingerprint density at radius 1 is 1.42 bits per heavy atom. The van der Waals surface area contributed by atoms with Crippen LogP contribution in [0.15, 0.2) is 30.3 Å². The number of nitrogens with zero attached hydrogens (tertiary/aromatic N) is 1. The van der Waals surface area contributed by atoms with Gasteiger partial charge in [0.25, 0.3) is 0 Å². The molecule has 1 saturated heterocycles. The second-order valence-electron chi connectivity index (χ2n) is 6.43. The molecule has 26 heavy (non-hydrogen) atoms. The summed E-state index contributed by atoms with van der Waals surface area (Å²) in [6.07, 6.45) is -0.200. The van der Waals surface area contributed by atoms with Crippen molar-refractivity contribution in [3.05, 3.63) is 35.9 Å². The van der Waals surface area contributed by atoms with Crippen molar-refractivity contribution in [2.24, 2.45) is 5.92 Å². The number of rotatable bonds is 9. The summed E-state index contributed by atoms with van der Waals surface area (Å²) in [5, 5.41) is 10.8. The van der Waals surface area contributed by atoms with Crippen LogP contribution in [0, 0.1) is 5.92 Å². The van der Waals surface area contributed by atoms with Crippen LogP contribution in [0.5, 0.6) is 0 Å². The van der Waals surface area contributed by atoms with E-state index in [1.54, 1.807) is 0 Å². The molecule has 0 bridgehead atoms. The number of aliphatic hydroxyl groups is 1. The Kier molecular flexibility index (Phi) is 8.34. The van der Waals surface area contributed by atoms with Crippen LogP contribution in [-0.2, 0) is 20.9 Å². The van der Waals surface area contributed by atoms with Crippen molar-refractivity contribution in [3.63, 3.8) is 0 Å². The predicted molar refractivity (Wildman–Crippen MR) is 108 cm³/mol. The molecule has 4 atom stereocenters. The maximum absolute atomic E-state index is 12.0. The van der Waals surface area contributed by atoms with Crippen molar-refractivity contribution in [3.8, 4) is 0 Å². The van der Waals surface area contributed by atoms with Crippen molar-refractivity contribution in [1.82, 2.24) is 4.90 Å². The van der Waals surface area contributed by atoms with Gasteiger partial charge >= 0.3 is 5.97 Å². The van der Waals surface area contributed by atoms with Crippen LogP contribution in [0.25, 0.3) is 0 Å². The average molecular weight is 398 g/mol. The lowest BCUT2D eigenvalue weighted by atomic mass is 9.94. The summed E-state index contributed by atoms with van der Waals surface area (Å²) in [4.78, 5) is 13.9. The Morgan fingerprint density at radius 3 is 2.73 bits per heavy atom. The Hall–Kier alpha value is -1.15. The molecule has 4 unspecified atom stereocenters. The third-order valence-electron chi connectivity index (χ3n) is 4.72. The first-order valence-corrected chi connectivity index (χ1v) is 10.2. The molecule has 1 fully saturated rings. The molecular formula is C19H27NO4S2. The van der Waals surface area contributed by atoms with Crippen molar-refractivity contribution in [2.75, 3.05) is 19.4 Å². The first-order valence-electron chi connectivity index (χ1n) is 8.82. The van der Waals surface area contributed by atoms with Crippen molar-refractivity contribution >= 4 is 34.3 Å². The summed E-state index contributed by atoms with van der Waals surface area (Å²) in [6.45, 7) is 4.88. The SMILES string of the molecule is CCC(CN1C(=S)SCC1C(=O)OC)C(O)C(C)OCc1ccccc1. The average Bonchev–Trinajstić information content (AvgIpc) is 3.04. The highest BCUT2D eigenvalue weighted by atomic mass is 32.2. The highest BCUT2D eigenvalue weighted by molar-refractivity contribution is 8.23. The minimum atomic E-state index is -0.643. The number of esters is 1. The summed E-state index contributed by atoms with van der Waals surface area (Å²) < 4.78 is 11.4. The Labute approximate surface area is 165 Å². The third kappa shape index (κ3) is 5.42. The van der Waals surface area contributed by atoms with Crippen LogP contribution in [0.2, 0.25) is 0 Å². The van der Waals surface area contributed by atoms with Crippen LogP contribution in [0.1, 0.15) is 25.8 Å². The number of carbonyl (C=O) groups is 1. The number of thioether (sulfide) groups is 1. The molecule has 0 aromatic heterocycles. The fraction of sp³-hybridized carbons (Fsp3) is 0.579. The summed E-state index contributed by atoms with van der Waals surface area (Å²) >= 11 is 6.87. The molecule has 0 radical (unpaired) electrons. The lowest BCUT2D eigenvalue weighted by Gasteiger charge is -2.32. The normalized spacial score (nSPS) is 20.7. The van der Waals surface area contributed by atoms with Gasteiger partial charge in [-0.2, -0.15) is 0 Å². The van der Waals surface area contributed by atoms with E-state index in [4.69, 9.17) is 21.7 Å². The fourth-order valence-electron chi connectivity index (χ4n) is 3.00. The van der Waals surface area contributed by atoms with E-state index in [1.165, 1.54) is 18.9 Å². The first-order chi connectivity index (χ1) is 12.5. The molecular weight excluding hydrogens is 370 g/mol. The molecule has 1 aromatic rings. The Balaban J connectivity index is 1.95. The fourth-order valence-corrected chi connectivity index (χ4v) is 4.39. The molecule has 1 N–H and O–H groups in total. The number of aliphatic hydroxyl groups excluding tert-OH is 1. The van der Waals surface area contributed by atoms with E-state index in [9.17, 15) is 9.90 Å². The molecule has 5 nitrogen and oxygen atoms in total. The van der Waals surface area contributed by atoms with E-state index in [0.29, 0.717) is 23.2 Å². The van der Waals surface area contributed by atoms with Crippen LogP contribution < -0.4 is 0 Å². The molecule has 0 amide bonds. The zero-order valence-corrected chi connectivity index (χ0v) is 17.1. The smallest absolute Gasteiger partial charge is 0.329 e. The molecule has 2 rings (SSSR count). The lowest BCUT2D eigenvalue weighted by molar-refractivity contribution is -0.144. The summed E-state index contributed by atoms with van der Waals surface area (Å²) in [7, 11) is 1.39. The van der Waals surface area contributed by atoms with Crippen molar-refractivity contribution < 1.29 is 19.4 Å². The lowest BCUT2D eigenvalue weighted by Crippen LogP contribution is -2.46. The zero-order valence-electron chi connectivity index (χ0n) is 15.5. The quantitative estimate of drug-likeness (QED) is 0.508. The van der Waals surface area contributed by atoms with Crippen molar-refractivity contribution in [2.45, 2.75) is 45.1 Å². The van der Waals surface area contributed by atoms with E-state index < -0.39 is 6.10 Å². The number of methoxy groups -OCH3 is 1. The van der Waals surface area contributed by atoms with Crippen LogP contribution in [0.4, 0.5) is 0 Å². The summed E-state index contributed by atoms with van der Waals surface area (Å²) in [6, 6.07) is 9.51. The largest absolute Gasteiger partial charge is 0.467 e. The Morgan fingerprint density at radius 2 is 2.12 bits per heavy atom. The molecule has 1 aliphatic rings. The van der Waals surface area contributed by atoms with Crippen LogP contribution >= 0.6 is 24.0 Å². The van der Waals surface area contributed by atoms with E-state index >= 15 is 0 Å². The highest BCUT2D eigenvalue weighted by Crippen LogP contribution is 2.28. The number of hydrogen-bond acceptors (Lipinski definition) is 6. The van der Waals surface area contributed by atoms with Gasteiger partial charge in [0, 0.05) is 18.2 Å². The van der Waals surface area contributed by atoms with Gasteiger partial charge in [-0.3, -0.25) is 0 Å². The predicted octanol–water partition coefficient (Wildman–Crippen LogP) is 2.85. The number of ether oxygens (including phenoxy) is 2. The van der Waals surface area contributed by atoms with Gasteiger partial charge in [-0.1, -0.05) is 61.2 Å². The van der Waals surface area contributed by atoms with Crippen LogP contribution in [-0.4, -0.2) is 58.0 Å². The number of carbonyl (C=O) groups excluding carboxylic acids is 1.